The summed E-state index contributed by atoms with van der Waals surface area (Å²) in [6.07, 6.45) is 0. The van der Waals surface area contributed by atoms with E-state index in [1.165, 1.54) is 18.2 Å². The van der Waals surface area contributed by atoms with Gasteiger partial charge in [0.15, 0.2) is 0 Å². The highest BCUT2D eigenvalue weighted by atomic mass is 35.5. The summed E-state index contributed by atoms with van der Waals surface area (Å²) in [6.45, 7) is 3.32. The van der Waals surface area contributed by atoms with Crippen molar-refractivity contribution in [2.24, 2.45) is 0 Å². The zero-order valence-electron chi connectivity index (χ0n) is 11.5. The molecule has 0 aliphatic rings. The molecule has 0 atom stereocenters. The molecule has 0 radical (unpaired) electrons. The van der Waals surface area contributed by atoms with Crippen molar-refractivity contribution in [3.05, 3.63) is 63.0 Å². The third-order valence-corrected chi connectivity index (χ3v) is 3.39. The SMILES string of the molecule is Cc1cc([N+](=O)[O-])c(C)cc1Oc1cccc(F)c1CCl. The number of benzene rings is 2. The lowest BCUT2D eigenvalue weighted by molar-refractivity contribution is -0.385. The second kappa shape index (κ2) is 6.10. The fraction of sp³-hybridized carbons (Fsp3) is 0.200. The van der Waals surface area contributed by atoms with Crippen LogP contribution in [0, 0.1) is 29.8 Å². The molecule has 0 unspecified atom stereocenters. The molecule has 0 bridgehead atoms. The van der Waals surface area contributed by atoms with Gasteiger partial charge in [-0.15, -0.1) is 11.6 Å². The van der Waals surface area contributed by atoms with Crippen LogP contribution in [0.4, 0.5) is 10.1 Å². The monoisotopic (exact) mass is 309 g/mol. The molecule has 2 aromatic carbocycles. The summed E-state index contributed by atoms with van der Waals surface area (Å²) in [6, 6.07) is 7.44. The van der Waals surface area contributed by atoms with Crippen LogP contribution >= 0.6 is 11.6 Å². The molecular weight excluding hydrogens is 297 g/mol. The summed E-state index contributed by atoms with van der Waals surface area (Å²) in [5, 5.41) is 10.9. The largest absolute Gasteiger partial charge is 0.457 e. The number of nitro groups is 1. The lowest BCUT2D eigenvalue weighted by Gasteiger charge is -2.13. The Bertz CT molecular complexity index is 704. The van der Waals surface area contributed by atoms with Gasteiger partial charge in [-0.05, 0) is 37.6 Å². The van der Waals surface area contributed by atoms with Crippen molar-refractivity contribution in [3.63, 3.8) is 0 Å². The number of ether oxygens (including phenoxy) is 1. The van der Waals surface area contributed by atoms with E-state index in [0.29, 0.717) is 22.6 Å². The second-order valence-electron chi connectivity index (χ2n) is 4.61. The molecule has 0 spiro atoms. The zero-order valence-corrected chi connectivity index (χ0v) is 12.3. The van der Waals surface area contributed by atoms with Gasteiger partial charge < -0.3 is 4.74 Å². The fourth-order valence-corrected chi connectivity index (χ4v) is 2.22. The molecule has 4 nitrogen and oxygen atoms in total. The van der Waals surface area contributed by atoms with Gasteiger partial charge in [0.05, 0.1) is 10.8 Å². The first-order valence-electron chi connectivity index (χ1n) is 6.21. The van der Waals surface area contributed by atoms with E-state index in [1.807, 2.05) is 0 Å². The molecule has 110 valence electrons. The highest BCUT2D eigenvalue weighted by Crippen LogP contribution is 2.33. The summed E-state index contributed by atoms with van der Waals surface area (Å²) < 4.78 is 19.3. The van der Waals surface area contributed by atoms with E-state index in [9.17, 15) is 14.5 Å². The van der Waals surface area contributed by atoms with Crippen molar-refractivity contribution < 1.29 is 14.1 Å². The van der Waals surface area contributed by atoms with E-state index in [1.54, 1.807) is 26.0 Å². The van der Waals surface area contributed by atoms with Gasteiger partial charge in [0.2, 0.25) is 0 Å². The summed E-state index contributed by atoms with van der Waals surface area (Å²) in [5.74, 6) is 0.280. The van der Waals surface area contributed by atoms with E-state index in [-0.39, 0.29) is 17.1 Å². The van der Waals surface area contributed by atoms with Crippen LogP contribution in [-0.2, 0) is 5.88 Å². The number of nitrogens with zero attached hydrogens (tertiary/aromatic N) is 1. The molecule has 0 fully saturated rings. The van der Waals surface area contributed by atoms with Gasteiger partial charge in [-0.3, -0.25) is 10.1 Å². The molecule has 0 saturated heterocycles. The van der Waals surface area contributed by atoms with E-state index in [4.69, 9.17) is 16.3 Å². The number of rotatable bonds is 4. The highest BCUT2D eigenvalue weighted by molar-refractivity contribution is 6.17. The van der Waals surface area contributed by atoms with Gasteiger partial charge >= 0.3 is 0 Å². The topological polar surface area (TPSA) is 52.4 Å². The Kier molecular flexibility index (Phi) is 4.43. The Morgan fingerprint density at radius 1 is 1.24 bits per heavy atom. The van der Waals surface area contributed by atoms with E-state index in [2.05, 4.69) is 0 Å². The molecular formula is C15H13ClFNO3. The molecule has 0 amide bonds. The Morgan fingerprint density at radius 2 is 1.95 bits per heavy atom. The summed E-state index contributed by atoms with van der Waals surface area (Å²) in [4.78, 5) is 10.4. The molecule has 0 heterocycles. The third kappa shape index (κ3) is 3.13. The number of hydrogen-bond donors (Lipinski definition) is 0. The molecule has 2 aromatic rings. The van der Waals surface area contributed by atoms with Crippen LogP contribution in [-0.4, -0.2) is 4.92 Å². The van der Waals surface area contributed by atoms with Crippen molar-refractivity contribution >= 4 is 17.3 Å². The maximum atomic E-state index is 13.6. The minimum absolute atomic E-state index is 0.0208. The lowest BCUT2D eigenvalue weighted by atomic mass is 10.1. The van der Waals surface area contributed by atoms with Gasteiger partial charge in [-0.25, -0.2) is 4.39 Å². The Morgan fingerprint density at radius 3 is 2.57 bits per heavy atom. The van der Waals surface area contributed by atoms with E-state index < -0.39 is 10.7 Å². The van der Waals surface area contributed by atoms with Crippen LogP contribution in [0.2, 0.25) is 0 Å². The van der Waals surface area contributed by atoms with Gasteiger partial charge in [0, 0.05) is 17.2 Å². The molecule has 2 rings (SSSR count). The van der Waals surface area contributed by atoms with Crippen LogP contribution in [0.3, 0.4) is 0 Å². The fourth-order valence-electron chi connectivity index (χ4n) is 1.96. The van der Waals surface area contributed by atoms with Crippen LogP contribution in [0.5, 0.6) is 11.5 Å². The Balaban J connectivity index is 2.43. The number of aryl methyl sites for hydroxylation is 2. The van der Waals surface area contributed by atoms with Crippen LogP contribution in [0.25, 0.3) is 0 Å². The maximum Gasteiger partial charge on any atom is 0.272 e. The van der Waals surface area contributed by atoms with Crippen LogP contribution in [0.15, 0.2) is 30.3 Å². The van der Waals surface area contributed by atoms with Crippen LogP contribution < -0.4 is 4.74 Å². The number of halogens is 2. The first-order chi connectivity index (χ1) is 9.93. The zero-order chi connectivity index (χ0) is 15.6. The van der Waals surface area contributed by atoms with E-state index >= 15 is 0 Å². The predicted octanol–water partition coefficient (Wildman–Crippen LogP) is 4.88. The maximum absolute atomic E-state index is 13.6. The lowest BCUT2D eigenvalue weighted by Crippen LogP contribution is -1.97. The molecule has 21 heavy (non-hydrogen) atoms. The van der Waals surface area contributed by atoms with Crippen molar-refractivity contribution in [1.82, 2.24) is 0 Å². The third-order valence-electron chi connectivity index (χ3n) is 3.12. The van der Waals surface area contributed by atoms with E-state index in [0.717, 1.165) is 0 Å². The molecule has 0 aromatic heterocycles. The number of alkyl halides is 1. The molecule has 0 N–H and O–H groups in total. The second-order valence-corrected chi connectivity index (χ2v) is 4.88. The van der Waals surface area contributed by atoms with Crippen LogP contribution in [0.1, 0.15) is 16.7 Å². The minimum atomic E-state index is -0.446. The summed E-state index contributed by atoms with van der Waals surface area (Å²) in [7, 11) is 0. The van der Waals surface area contributed by atoms with Gasteiger partial charge in [-0.2, -0.15) is 0 Å². The average molecular weight is 310 g/mol. The summed E-state index contributed by atoms with van der Waals surface area (Å²) >= 11 is 5.73. The summed E-state index contributed by atoms with van der Waals surface area (Å²) in [5.41, 5.74) is 1.35. The molecule has 0 saturated carbocycles. The first-order valence-corrected chi connectivity index (χ1v) is 6.74. The minimum Gasteiger partial charge on any atom is -0.457 e. The van der Waals surface area contributed by atoms with Crippen molar-refractivity contribution in [1.29, 1.82) is 0 Å². The quantitative estimate of drug-likeness (QED) is 0.459. The average Bonchev–Trinajstić information content (AvgIpc) is 2.42. The molecule has 0 aliphatic heterocycles. The van der Waals surface area contributed by atoms with Gasteiger partial charge in [0.25, 0.3) is 5.69 Å². The molecule has 6 heteroatoms. The Hall–Kier alpha value is -2.14. The number of hydrogen-bond acceptors (Lipinski definition) is 3. The van der Waals surface area contributed by atoms with Crippen molar-refractivity contribution in [3.8, 4) is 11.5 Å². The van der Waals surface area contributed by atoms with Gasteiger partial charge in [0.1, 0.15) is 17.3 Å². The number of nitro benzene ring substituents is 1. The smallest absolute Gasteiger partial charge is 0.272 e. The van der Waals surface area contributed by atoms with Gasteiger partial charge in [-0.1, -0.05) is 6.07 Å². The normalized spacial score (nSPS) is 10.5. The molecule has 0 aliphatic carbocycles. The first kappa shape index (κ1) is 15.3. The predicted molar refractivity (Wildman–Crippen MR) is 78.6 cm³/mol. The highest BCUT2D eigenvalue weighted by Gasteiger charge is 2.16. The standard InChI is InChI=1S/C15H13ClFNO3/c1-9-7-15(10(2)6-13(9)18(19)20)21-14-5-3-4-12(17)11(14)8-16/h3-7H,8H2,1-2H3. The Labute approximate surface area is 126 Å². The van der Waals surface area contributed by atoms with Crippen molar-refractivity contribution in [2.45, 2.75) is 19.7 Å². The van der Waals surface area contributed by atoms with Crippen molar-refractivity contribution in [2.75, 3.05) is 0 Å².